The molecule has 0 saturated carbocycles. The highest BCUT2D eigenvalue weighted by molar-refractivity contribution is 7.99. The molecule has 1 atom stereocenters. The van der Waals surface area contributed by atoms with E-state index in [0.717, 1.165) is 35.5 Å². The Labute approximate surface area is 224 Å². The minimum Gasteiger partial charge on any atom is -0.493 e. The number of hydrogen-bond acceptors (Lipinski definition) is 7. The van der Waals surface area contributed by atoms with E-state index in [0.29, 0.717) is 36.9 Å². The van der Waals surface area contributed by atoms with Crippen molar-refractivity contribution in [1.82, 2.24) is 4.90 Å². The lowest BCUT2D eigenvalue weighted by Gasteiger charge is -2.23. The van der Waals surface area contributed by atoms with E-state index in [9.17, 15) is 14.7 Å². The molecule has 0 bridgehead atoms. The van der Waals surface area contributed by atoms with Crippen molar-refractivity contribution in [3.63, 3.8) is 0 Å². The first-order chi connectivity index (χ1) is 17.9. The van der Waals surface area contributed by atoms with Crippen LogP contribution in [0.15, 0.2) is 42.5 Å². The topological polar surface area (TPSA) is 94.5 Å². The van der Waals surface area contributed by atoms with Gasteiger partial charge >= 0.3 is 12.1 Å². The molecule has 9 heteroatoms. The number of ether oxygens (including phenoxy) is 4. The van der Waals surface area contributed by atoms with Crippen molar-refractivity contribution in [1.29, 1.82) is 0 Å². The summed E-state index contributed by atoms with van der Waals surface area (Å²) in [6, 6.07) is 12.7. The zero-order valence-electron chi connectivity index (χ0n) is 22.2. The third-order valence-corrected chi connectivity index (χ3v) is 6.73. The molecule has 2 aromatic carbocycles. The number of aryl methyl sites for hydroxylation is 1. The summed E-state index contributed by atoms with van der Waals surface area (Å²) in [5.41, 5.74) is 1.81. The predicted octanol–water partition coefficient (Wildman–Crippen LogP) is 5.45. The van der Waals surface area contributed by atoms with Gasteiger partial charge in [0.05, 0.1) is 13.7 Å². The summed E-state index contributed by atoms with van der Waals surface area (Å²) in [6.07, 6.45) is 0.933. The van der Waals surface area contributed by atoms with E-state index in [1.54, 1.807) is 43.2 Å². The predicted molar refractivity (Wildman–Crippen MR) is 146 cm³/mol. The monoisotopic (exact) mass is 533 g/mol. The molecule has 1 N–H and O–H groups in total. The number of amides is 1. The number of carboxylic acid groups (broad SMARTS) is 1. The fraction of sp³-hybridized carbons (Fsp3) is 0.500. The zero-order valence-corrected chi connectivity index (χ0v) is 23.1. The third kappa shape index (κ3) is 10.9. The largest absolute Gasteiger partial charge is 0.493 e. The molecule has 0 heterocycles. The summed E-state index contributed by atoms with van der Waals surface area (Å²) in [4.78, 5) is 26.0. The van der Waals surface area contributed by atoms with Crippen LogP contribution in [0.2, 0.25) is 0 Å². The second-order valence-electron chi connectivity index (χ2n) is 8.45. The summed E-state index contributed by atoms with van der Waals surface area (Å²) >= 11 is 1.87. The highest BCUT2D eigenvalue weighted by Gasteiger charge is 2.19. The van der Waals surface area contributed by atoms with E-state index in [2.05, 4.69) is 6.92 Å². The molecule has 8 nitrogen and oxygen atoms in total. The maximum absolute atomic E-state index is 13.0. The zero-order chi connectivity index (χ0) is 27.0. The van der Waals surface area contributed by atoms with Gasteiger partial charge in [-0.3, -0.25) is 0 Å². The second kappa shape index (κ2) is 16.8. The van der Waals surface area contributed by atoms with Crippen molar-refractivity contribution < 1.29 is 33.6 Å². The Morgan fingerprint density at radius 3 is 2.43 bits per heavy atom. The number of carbonyl (C=O) groups is 2. The Balaban J connectivity index is 1.96. The SMILES string of the molecule is CCCSCCCN(CCOc1ccc(CC(OCC)C(=O)O)cc1)C(=O)Oc1cc(C)ccc1OC. The van der Waals surface area contributed by atoms with Crippen LogP contribution in [0, 0.1) is 6.92 Å². The molecule has 0 aliphatic heterocycles. The Morgan fingerprint density at radius 2 is 1.78 bits per heavy atom. The Bertz CT molecular complexity index is 968. The quantitative estimate of drug-likeness (QED) is 0.268. The van der Waals surface area contributed by atoms with Crippen LogP contribution in [-0.2, 0) is 16.0 Å². The van der Waals surface area contributed by atoms with Crippen molar-refractivity contribution in [2.75, 3.05) is 44.9 Å². The number of nitrogens with zero attached hydrogens (tertiary/aromatic N) is 1. The number of benzene rings is 2. The summed E-state index contributed by atoms with van der Waals surface area (Å²) in [6.45, 7) is 7.39. The van der Waals surface area contributed by atoms with Gasteiger partial charge in [-0.05, 0) is 73.6 Å². The lowest BCUT2D eigenvalue weighted by molar-refractivity contribution is -0.149. The molecule has 0 aromatic heterocycles. The van der Waals surface area contributed by atoms with E-state index in [1.165, 1.54) is 0 Å². The molecule has 0 radical (unpaired) electrons. The smallest absolute Gasteiger partial charge is 0.415 e. The molecule has 0 aliphatic carbocycles. The number of methoxy groups -OCH3 is 1. The highest BCUT2D eigenvalue weighted by Crippen LogP contribution is 2.28. The van der Waals surface area contributed by atoms with Crippen molar-refractivity contribution in [3.8, 4) is 17.2 Å². The molecule has 1 amide bonds. The number of rotatable bonds is 17. The molecular formula is C28H39NO7S. The molecule has 0 saturated heterocycles. The molecule has 0 aliphatic rings. The average Bonchev–Trinajstić information content (AvgIpc) is 2.88. The normalized spacial score (nSPS) is 11.6. The highest BCUT2D eigenvalue weighted by atomic mass is 32.2. The van der Waals surface area contributed by atoms with Crippen LogP contribution in [0.25, 0.3) is 0 Å². The van der Waals surface area contributed by atoms with E-state index >= 15 is 0 Å². The molecule has 204 valence electrons. The minimum absolute atomic E-state index is 0.279. The van der Waals surface area contributed by atoms with Crippen LogP contribution >= 0.6 is 11.8 Å². The third-order valence-electron chi connectivity index (χ3n) is 5.46. The maximum Gasteiger partial charge on any atom is 0.415 e. The first-order valence-corrected chi connectivity index (χ1v) is 13.8. The Kier molecular flexibility index (Phi) is 13.7. The molecular weight excluding hydrogens is 494 g/mol. The van der Waals surface area contributed by atoms with Gasteiger partial charge in [-0.25, -0.2) is 9.59 Å². The van der Waals surface area contributed by atoms with Gasteiger partial charge in [0.1, 0.15) is 12.4 Å². The summed E-state index contributed by atoms with van der Waals surface area (Å²) in [5.74, 6) is 2.61. The summed E-state index contributed by atoms with van der Waals surface area (Å²) < 4.78 is 22.2. The number of carboxylic acids is 1. The maximum atomic E-state index is 13.0. The van der Waals surface area contributed by atoms with E-state index in [-0.39, 0.29) is 13.0 Å². The second-order valence-corrected chi connectivity index (χ2v) is 9.68. The van der Waals surface area contributed by atoms with Crippen LogP contribution in [0.1, 0.15) is 37.8 Å². The lowest BCUT2D eigenvalue weighted by atomic mass is 10.1. The Morgan fingerprint density at radius 1 is 1.03 bits per heavy atom. The molecule has 2 rings (SSSR count). The number of hydrogen-bond donors (Lipinski definition) is 1. The molecule has 0 spiro atoms. The van der Waals surface area contributed by atoms with Gasteiger partial charge in [0.15, 0.2) is 17.6 Å². The number of aliphatic carboxylic acids is 1. The van der Waals surface area contributed by atoms with Crippen molar-refractivity contribution >= 4 is 23.8 Å². The number of thioether (sulfide) groups is 1. The van der Waals surface area contributed by atoms with E-state index < -0.39 is 18.2 Å². The molecule has 37 heavy (non-hydrogen) atoms. The van der Waals surface area contributed by atoms with Gasteiger partial charge in [0.25, 0.3) is 0 Å². The molecule has 0 fully saturated rings. The van der Waals surface area contributed by atoms with Crippen molar-refractivity contribution in [2.24, 2.45) is 0 Å². The average molecular weight is 534 g/mol. The van der Waals surface area contributed by atoms with Crippen molar-refractivity contribution in [3.05, 3.63) is 53.6 Å². The van der Waals surface area contributed by atoms with Gasteiger partial charge in [-0.2, -0.15) is 11.8 Å². The van der Waals surface area contributed by atoms with E-state index in [1.807, 2.05) is 36.9 Å². The van der Waals surface area contributed by atoms with Crippen molar-refractivity contribution in [2.45, 2.75) is 46.1 Å². The fourth-order valence-corrected chi connectivity index (χ4v) is 4.37. The molecule has 2 aromatic rings. The van der Waals surface area contributed by atoms with Crippen LogP contribution in [-0.4, -0.2) is 73.1 Å². The van der Waals surface area contributed by atoms with Crippen LogP contribution in [0.5, 0.6) is 17.2 Å². The number of carbonyl (C=O) groups excluding carboxylic acids is 1. The molecule has 1 unspecified atom stereocenters. The van der Waals surface area contributed by atoms with Crippen LogP contribution in [0.3, 0.4) is 0 Å². The minimum atomic E-state index is -0.981. The van der Waals surface area contributed by atoms with Gasteiger partial charge in [0.2, 0.25) is 0 Å². The lowest BCUT2D eigenvalue weighted by Crippen LogP contribution is -2.37. The van der Waals surface area contributed by atoms with Crippen LogP contribution < -0.4 is 14.2 Å². The first kappa shape index (κ1) is 30.3. The van der Waals surface area contributed by atoms with Crippen LogP contribution in [0.4, 0.5) is 4.79 Å². The van der Waals surface area contributed by atoms with Gasteiger partial charge in [-0.15, -0.1) is 0 Å². The fourth-order valence-electron chi connectivity index (χ4n) is 3.55. The van der Waals surface area contributed by atoms with Gasteiger partial charge in [-0.1, -0.05) is 25.1 Å². The van der Waals surface area contributed by atoms with E-state index in [4.69, 9.17) is 18.9 Å². The summed E-state index contributed by atoms with van der Waals surface area (Å²) in [7, 11) is 1.54. The standard InChI is InChI=1S/C28H39NO7S/c1-5-17-37-18-7-14-29(28(32)36-25-19-21(3)8-13-24(25)33-4)15-16-35-23-11-9-22(10-12-23)20-26(27(30)31)34-6-2/h8-13,19,26H,5-7,14-18,20H2,1-4H3,(H,30,31). The summed E-state index contributed by atoms with van der Waals surface area (Å²) in [5, 5.41) is 9.27. The van der Waals surface area contributed by atoms with Gasteiger partial charge in [0, 0.05) is 19.6 Å². The first-order valence-electron chi connectivity index (χ1n) is 12.6. The Hall–Kier alpha value is -2.91. The van der Waals surface area contributed by atoms with Gasteiger partial charge < -0.3 is 29.0 Å².